The normalized spacial score (nSPS) is 9.97. The van der Waals surface area contributed by atoms with E-state index in [0.29, 0.717) is 5.69 Å². The lowest BCUT2D eigenvalue weighted by atomic mass is 10.1. The second-order valence-electron chi connectivity index (χ2n) is 6.82. The summed E-state index contributed by atoms with van der Waals surface area (Å²) in [5.74, 6) is -0.676. The van der Waals surface area contributed by atoms with Gasteiger partial charge in [-0.15, -0.1) is 0 Å². The van der Waals surface area contributed by atoms with Crippen molar-refractivity contribution in [2.75, 3.05) is 26.5 Å². The molecule has 180 valence electrons. The molecule has 9 nitrogen and oxygen atoms in total. The Morgan fingerprint density at radius 2 is 1.82 bits per heavy atom. The number of hydrogen-bond acceptors (Lipinski definition) is 7. The first kappa shape index (κ1) is 26.2. The summed E-state index contributed by atoms with van der Waals surface area (Å²) >= 11 is 0. The first-order valence-corrected chi connectivity index (χ1v) is 10.6. The number of benzene rings is 2. The van der Waals surface area contributed by atoms with Crippen molar-refractivity contribution in [1.82, 2.24) is 19.9 Å². The highest BCUT2D eigenvalue weighted by Crippen LogP contribution is 2.34. The lowest BCUT2D eigenvalue weighted by molar-refractivity contribution is -0.387. The molecule has 2 aromatic heterocycles. The van der Waals surface area contributed by atoms with Gasteiger partial charge in [-0.25, -0.2) is 9.97 Å². The van der Waals surface area contributed by atoms with Crippen LogP contribution in [-0.4, -0.2) is 40.7 Å². The first-order chi connectivity index (χ1) is 16.4. The summed E-state index contributed by atoms with van der Waals surface area (Å²) in [6.07, 6.45) is 3.55. The number of rotatable bonds is 5. The molecular formula is C24H29FN6O3. The van der Waals surface area contributed by atoms with E-state index in [0.717, 1.165) is 28.6 Å². The number of fused-ring (bicyclic) bond motifs is 1. The summed E-state index contributed by atoms with van der Waals surface area (Å²) in [6.45, 7) is 4.00. The lowest BCUT2D eigenvalue weighted by Crippen LogP contribution is -2.02. The van der Waals surface area contributed by atoms with Crippen molar-refractivity contribution in [3.8, 4) is 17.0 Å². The minimum atomic E-state index is -0.983. The molecule has 0 aliphatic heterocycles. The molecule has 0 radical (unpaired) electrons. The molecule has 10 heteroatoms. The molecule has 34 heavy (non-hydrogen) atoms. The lowest BCUT2D eigenvalue weighted by Gasteiger charge is -2.11. The van der Waals surface area contributed by atoms with Gasteiger partial charge in [-0.3, -0.25) is 10.1 Å². The van der Waals surface area contributed by atoms with Gasteiger partial charge in [0.1, 0.15) is 5.75 Å². The van der Waals surface area contributed by atoms with Crippen molar-refractivity contribution < 1.29 is 14.1 Å². The SMILES string of the molecule is CC.CNC.COc1cc(F)c([N+](=O)[O-])cc1Nc1nccc(-c2cn(C)c3ccccc23)n1. The maximum atomic E-state index is 13.9. The number of nitrogens with one attached hydrogen (secondary N) is 2. The fourth-order valence-corrected chi connectivity index (χ4v) is 3.19. The monoisotopic (exact) mass is 468 g/mol. The third kappa shape index (κ3) is 5.84. The Morgan fingerprint density at radius 1 is 1.15 bits per heavy atom. The second-order valence-corrected chi connectivity index (χ2v) is 6.82. The minimum Gasteiger partial charge on any atom is -0.494 e. The van der Waals surface area contributed by atoms with E-state index < -0.39 is 16.4 Å². The summed E-state index contributed by atoms with van der Waals surface area (Å²) in [7, 11) is 7.05. The van der Waals surface area contributed by atoms with Gasteiger partial charge in [0.05, 0.1) is 23.4 Å². The van der Waals surface area contributed by atoms with Crippen LogP contribution < -0.4 is 15.4 Å². The van der Waals surface area contributed by atoms with Crippen LogP contribution in [0.4, 0.5) is 21.7 Å². The molecule has 4 rings (SSSR count). The van der Waals surface area contributed by atoms with Crippen molar-refractivity contribution in [1.29, 1.82) is 0 Å². The maximum absolute atomic E-state index is 13.9. The number of nitrogens with zero attached hydrogens (tertiary/aromatic N) is 4. The van der Waals surface area contributed by atoms with Crippen LogP contribution in [0.5, 0.6) is 5.75 Å². The van der Waals surface area contributed by atoms with Crippen molar-refractivity contribution >= 4 is 28.2 Å². The van der Waals surface area contributed by atoms with Crippen LogP contribution in [-0.2, 0) is 7.05 Å². The van der Waals surface area contributed by atoms with Crippen molar-refractivity contribution in [3.05, 3.63) is 70.8 Å². The van der Waals surface area contributed by atoms with Crippen LogP contribution >= 0.6 is 0 Å². The van der Waals surface area contributed by atoms with Gasteiger partial charge in [0.15, 0.2) is 0 Å². The Kier molecular flexibility index (Phi) is 9.45. The fraction of sp³-hybridized carbons (Fsp3) is 0.250. The highest BCUT2D eigenvalue weighted by Gasteiger charge is 2.20. The van der Waals surface area contributed by atoms with E-state index in [-0.39, 0.29) is 17.4 Å². The average Bonchev–Trinajstić information content (AvgIpc) is 3.18. The quantitative estimate of drug-likeness (QED) is 0.302. The smallest absolute Gasteiger partial charge is 0.307 e. The van der Waals surface area contributed by atoms with E-state index in [1.165, 1.54) is 7.11 Å². The van der Waals surface area contributed by atoms with Crippen LogP contribution in [0.3, 0.4) is 0 Å². The summed E-state index contributed by atoms with van der Waals surface area (Å²) < 4.78 is 21.0. The van der Waals surface area contributed by atoms with Crippen LogP contribution in [0.2, 0.25) is 0 Å². The number of anilines is 2. The Morgan fingerprint density at radius 3 is 2.47 bits per heavy atom. The number of nitro benzene ring substituents is 1. The number of halogens is 1. The molecule has 0 saturated heterocycles. The van der Waals surface area contributed by atoms with E-state index >= 15 is 0 Å². The summed E-state index contributed by atoms with van der Waals surface area (Å²) in [4.78, 5) is 18.9. The molecule has 2 aromatic carbocycles. The van der Waals surface area contributed by atoms with Gasteiger partial charge in [-0.05, 0) is 26.2 Å². The zero-order valence-corrected chi connectivity index (χ0v) is 20.1. The van der Waals surface area contributed by atoms with Crippen molar-refractivity contribution in [2.45, 2.75) is 13.8 Å². The molecule has 0 unspecified atom stereocenters. The molecule has 0 fully saturated rings. The molecule has 0 aliphatic rings. The number of para-hydroxylation sites is 1. The van der Waals surface area contributed by atoms with Crippen LogP contribution in [0.15, 0.2) is 54.9 Å². The van der Waals surface area contributed by atoms with Crippen molar-refractivity contribution in [3.63, 3.8) is 0 Å². The summed E-state index contributed by atoms with van der Waals surface area (Å²) in [5, 5.41) is 17.7. The third-order valence-electron chi connectivity index (χ3n) is 4.54. The number of methoxy groups -OCH3 is 1. The number of aromatic nitrogens is 3. The highest BCUT2D eigenvalue weighted by atomic mass is 19.1. The van der Waals surface area contributed by atoms with Gasteiger partial charge in [0.25, 0.3) is 0 Å². The molecule has 0 atom stereocenters. The summed E-state index contributed by atoms with van der Waals surface area (Å²) in [5.41, 5.74) is 2.18. The van der Waals surface area contributed by atoms with E-state index in [4.69, 9.17) is 4.74 Å². The predicted molar refractivity (Wildman–Crippen MR) is 133 cm³/mol. The van der Waals surface area contributed by atoms with E-state index in [1.54, 1.807) is 12.3 Å². The van der Waals surface area contributed by atoms with E-state index in [2.05, 4.69) is 20.6 Å². The minimum absolute atomic E-state index is 0.104. The van der Waals surface area contributed by atoms with E-state index in [1.807, 2.05) is 70.0 Å². The maximum Gasteiger partial charge on any atom is 0.307 e. The number of hydrogen-bond donors (Lipinski definition) is 2. The van der Waals surface area contributed by atoms with Gasteiger partial charge < -0.3 is 19.9 Å². The second kappa shape index (κ2) is 12.3. The number of ether oxygens (including phenoxy) is 1. The average molecular weight is 469 g/mol. The Balaban J connectivity index is 0.000000758. The standard InChI is InChI=1S/C20H16FN5O3.C2H7N.C2H6/c1-25-11-13(12-5-3-4-6-17(12)25)15-7-8-22-20(23-15)24-16-10-18(26(27)28)14(21)9-19(16)29-2;1-3-2;1-2/h3-11H,1-2H3,(H,22,23,24);3H,1-2H3;1-2H3. The first-order valence-electron chi connectivity index (χ1n) is 10.6. The van der Waals surface area contributed by atoms with Gasteiger partial charge in [-0.1, -0.05) is 32.0 Å². The Bertz CT molecular complexity index is 1260. The molecule has 0 saturated carbocycles. The number of aryl methyl sites for hydroxylation is 1. The molecule has 2 N–H and O–H groups in total. The van der Waals surface area contributed by atoms with Crippen molar-refractivity contribution in [2.24, 2.45) is 7.05 Å². The molecule has 0 spiro atoms. The Labute approximate surface area is 197 Å². The van der Waals surface area contributed by atoms with Crippen LogP contribution in [0.1, 0.15) is 13.8 Å². The molecule has 0 bridgehead atoms. The van der Waals surface area contributed by atoms with Gasteiger partial charge >= 0.3 is 5.69 Å². The van der Waals surface area contributed by atoms with Crippen LogP contribution in [0.25, 0.3) is 22.2 Å². The molecular weight excluding hydrogens is 439 g/mol. The van der Waals surface area contributed by atoms with E-state index in [9.17, 15) is 14.5 Å². The van der Waals surface area contributed by atoms with Crippen LogP contribution in [0, 0.1) is 15.9 Å². The molecule has 2 heterocycles. The van der Waals surface area contributed by atoms with Gasteiger partial charge in [0, 0.05) is 48.0 Å². The van der Waals surface area contributed by atoms with Gasteiger partial charge in [0.2, 0.25) is 11.8 Å². The topological polar surface area (TPSA) is 107 Å². The molecule has 4 aromatic rings. The van der Waals surface area contributed by atoms with Gasteiger partial charge in [-0.2, -0.15) is 4.39 Å². The zero-order valence-electron chi connectivity index (χ0n) is 20.1. The number of nitro groups is 1. The zero-order chi connectivity index (χ0) is 25.3. The molecule has 0 aliphatic carbocycles. The summed E-state index contributed by atoms with van der Waals surface area (Å²) in [6, 6.07) is 11.7. The largest absolute Gasteiger partial charge is 0.494 e. The molecule has 0 amide bonds. The highest BCUT2D eigenvalue weighted by molar-refractivity contribution is 5.95. The Hall–Kier alpha value is -4.05. The fourth-order valence-electron chi connectivity index (χ4n) is 3.19. The predicted octanol–water partition coefficient (Wildman–Crippen LogP) is 5.30. The third-order valence-corrected chi connectivity index (χ3v) is 4.54.